The molecule has 11 heteroatoms. The summed E-state index contributed by atoms with van der Waals surface area (Å²) in [4.78, 5) is 60.9. The molecule has 120 heavy (non-hydrogen) atoms. The summed E-state index contributed by atoms with van der Waals surface area (Å²) < 4.78 is 32.9. The zero-order valence-electron chi connectivity index (χ0n) is 70.6. The highest BCUT2D eigenvalue weighted by atomic mass is 16.6. The molecule has 0 unspecified atom stereocenters. The second-order valence-corrected chi connectivity index (χ2v) is 31.6. The predicted molar refractivity (Wildman–Crippen MR) is 481 cm³/mol. The summed E-state index contributed by atoms with van der Waals surface area (Å²) in [5, 5.41) is 0. The van der Waals surface area contributed by atoms with Crippen LogP contribution < -0.4 is 28.4 Å². The molecule has 0 amide bonds. The fourth-order valence-corrected chi connectivity index (χ4v) is 13.7. The number of hydrogen-bond donors (Lipinski definition) is 0. The Bertz CT molecular complexity index is 5530. The van der Waals surface area contributed by atoms with Crippen molar-refractivity contribution in [1.29, 1.82) is 0 Å². The third-order valence-corrected chi connectivity index (χ3v) is 21.4. The van der Waals surface area contributed by atoms with Crippen molar-refractivity contribution in [2.75, 3.05) is 0 Å². The van der Waals surface area contributed by atoms with E-state index >= 15 is 0 Å². The molecule has 15 rings (SSSR count). The molecule has 608 valence electrons. The summed E-state index contributed by atoms with van der Waals surface area (Å²) in [5.74, 6) is 10.9. The van der Waals surface area contributed by atoms with Crippen molar-refractivity contribution in [3.8, 4) is 57.5 Å². The van der Waals surface area contributed by atoms with Crippen molar-refractivity contribution in [2.45, 2.75) is 146 Å². The lowest BCUT2D eigenvalue weighted by atomic mass is 9.79. The van der Waals surface area contributed by atoms with E-state index in [0.717, 1.165) is 62.1 Å². The fourth-order valence-electron chi connectivity index (χ4n) is 13.7. The molecule has 0 radical (unpaired) electrons. The first kappa shape index (κ1) is 87.4. The first-order chi connectivity index (χ1) is 57.9. The maximum absolute atomic E-state index is 12.3. The average Bonchev–Trinajstić information content (AvgIpc) is 0.859. The van der Waals surface area contributed by atoms with E-state index in [4.69, 9.17) is 28.4 Å². The van der Waals surface area contributed by atoms with Gasteiger partial charge >= 0.3 is 29.8 Å². The zero-order chi connectivity index (χ0) is 84.9. The Morgan fingerprint density at radius 3 is 0.883 bits per heavy atom. The Hall–Kier alpha value is -13.4. The average molecular weight is 1590 g/mol. The molecule has 2 saturated carbocycles. The molecular formula is C109H106O11. The van der Waals surface area contributed by atoms with Crippen molar-refractivity contribution in [1.82, 2.24) is 0 Å². The van der Waals surface area contributed by atoms with E-state index in [-0.39, 0.29) is 17.9 Å². The lowest BCUT2D eigenvalue weighted by Crippen LogP contribution is -2.12. The Balaban J connectivity index is 0.000000147. The van der Waals surface area contributed by atoms with Crippen LogP contribution in [0.1, 0.15) is 207 Å². The summed E-state index contributed by atoms with van der Waals surface area (Å²) in [5.41, 5.74) is 21.0. The van der Waals surface area contributed by atoms with E-state index in [1.54, 1.807) is 78.9 Å². The summed E-state index contributed by atoms with van der Waals surface area (Å²) in [7, 11) is 0. The molecule has 2 aliphatic rings. The Morgan fingerprint density at radius 1 is 0.267 bits per heavy atom. The number of rotatable bonds is 16. The summed E-state index contributed by atoms with van der Waals surface area (Å²) >= 11 is 0. The van der Waals surface area contributed by atoms with Gasteiger partial charge in [0.25, 0.3) is 0 Å². The molecule has 0 atom stereocenters. The molecular weight excluding hydrogens is 1490 g/mol. The highest BCUT2D eigenvalue weighted by Gasteiger charge is 2.23. The van der Waals surface area contributed by atoms with E-state index in [1.807, 2.05) is 194 Å². The first-order valence-corrected chi connectivity index (χ1v) is 41.3. The third-order valence-electron chi connectivity index (χ3n) is 21.4. The van der Waals surface area contributed by atoms with Gasteiger partial charge in [-0.15, -0.1) is 0 Å². The zero-order valence-corrected chi connectivity index (χ0v) is 70.6. The minimum atomic E-state index is -0.460. The van der Waals surface area contributed by atoms with Gasteiger partial charge in [-0.1, -0.05) is 254 Å². The van der Waals surface area contributed by atoms with E-state index in [9.17, 15) is 24.0 Å². The first-order valence-electron chi connectivity index (χ1n) is 41.3. The molecule has 0 bridgehead atoms. The fraction of sp³-hybridized carbons (Fsp3) is 0.220. The van der Waals surface area contributed by atoms with Gasteiger partial charge in [-0.2, -0.15) is 0 Å². The summed E-state index contributed by atoms with van der Waals surface area (Å²) in [6, 6.07) is 97.9. The normalized spacial score (nSPS) is 14.3. The van der Waals surface area contributed by atoms with Crippen LogP contribution in [0.4, 0.5) is 0 Å². The molecule has 13 aromatic carbocycles. The minimum Gasteiger partial charge on any atom is -0.489 e. The highest BCUT2D eigenvalue weighted by Crippen LogP contribution is 2.38. The molecule has 0 N–H and O–H groups in total. The number of benzene rings is 13. The lowest BCUT2D eigenvalue weighted by Gasteiger charge is -2.26. The predicted octanol–water partition coefficient (Wildman–Crippen LogP) is 26.5. The van der Waals surface area contributed by atoms with Crippen molar-refractivity contribution < 1.29 is 52.4 Å². The third kappa shape index (κ3) is 27.6. The summed E-state index contributed by atoms with van der Waals surface area (Å²) in [6.07, 6.45) is 10.3. The van der Waals surface area contributed by atoms with E-state index in [2.05, 4.69) is 124 Å². The Labute approximate surface area is 708 Å². The Morgan fingerprint density at radius 2 is 0.517 bits per heavy atom. The molecule has 13 aromatic rings. The SMILES string of the molecule is Cc1ccc(C#Cc2ccc(OC(=O)c3ccc(C)cc3)cc2)cc1.Cc1ccc(C(=O)Oc2ccc(C(=O)Oc3ccc(C)cc3C)cc2)cc1.Cc1ccc(C(=O)Oc2ccc(C3CCC(C)CC3)cc2)cc1.Cc1ccc(COc2ccc(-c3ccc(C)cc3)cc2)cc1.Cc1ccc(OC(=O)c2ccc(C3CCC(C)CC3)cc2)cc1. The maximum Gasteiger partial charge on any atom is 0.343 e. The topological polar surface area (TPSA) is 141 Å². The molecule has 0 spiro atoms. The van der Waals surface area contributed by atoms with Gasteiger partial charge in [0.05, 0.1) is 27.8 Å². The standard InChI is InChI=1S/C23H20O4.C23H18O2.2C21H24O2.C21H20O/c1-15-4-7-18(8-5-15)22(24)26-20-11-9-19(10-12-20)23(25)27-21-13-6-16(2)14-17(21)3;1-17-3-7-19(8-4-17)9-10-20-11-15-22(16-12-20)25-23(24)21-13-5-18(2)6-14-21;1-15-3-7-17(8-4-15)18-9-11-19(12-10-18)21(22)23-20-13-5-16(2)6-14-20;1-15-3-7-17(8-4-15)18-11-13-20(14-12-18)23-21(22)19-9-5-16(2)6-10-19;1-16-3-7-18(8-4-16)15-22-21-13-11-20(12-14-21)19-9-5-17(2)6-10-19/h4-14H,1-3H3;3-8,11-16H,1-2H3;2*5-6,9-15,17H,3-4,7-8H2,1-2H3;3-14H,15H2,1-2H3. The van der Waals surface area contributed by atoms with E-state index in [1.165, 1.54) is 95.9 Å². The minimum absolute atomic E-state index is 0.294. The quantitative estimate of drug-likeness (QED) is 0.0518. The highest BCUT2D eigenvalue weighted by molar-refractivity contribution is 5.94. The van der Waals surface area contributed by atoms with E-state index < -0.39 is 11.9 Å². The van der Waals surface area contributed by atoms with Crippen LogP contribution >= 0.6 is 0 Å². The van der Waals surface area contributed by atoms with Crippen molar-refractivity contribution in [3.05, 3.63) is 415 Å². The van der Waals surface area contributed by atoms with Crippen LogP contribution in [0.25, 0.3) is 11.1 Å². The Kier molecular flexibility index (Phi) is 31.8. The van der Waals surface area contributed by atoms with Gasteiger partial charge in [0.1, 0.15) is 41.1 Å². The van der Waals surface area contributed by atoms with Gasteiger partial charge in [-0.25, -0.2) is 24.0 Å². The molecule has 11 nitrogen and oxygen atoms in total. The molecule has 0 aromatic heterocycles. The number of hydrogen-bond acceptors (Lipinski definition) is 11. The smallest absolute Gasteiger partial charge is 0.343 e. The number of ether oxygens (including phenoxy) is 6. The molecule has 0 aliphatic heterocycles. The summed E-state index contributed by atoms with van der Waals surface area (Å²) in [6.45, 7) is 23.3. The lowest BCUT2D eigenvalue weighted by molar-refractivity contribution is 0.0721. The largest absolute Gasteiger partial charge is 0.489 e. The number of aryl methyl sites for hydroxylation is 9. The van der Waals surface area contributed by atoms with Crippen LogP contribution in [0.3, 0.4) is 0 Å². The van der Waals surface area contributed by atoms with Gasteiger partial charge in [0.2, 0.25) is 0 Å². The number of esters is 5. The van der Waals surface area contributed by atoms with Gasteiger partial charge < -0.3 is 28.4 Å². The van der Waals surface area contributed by atoms with Crippen LogP contribution in [0, 0.1) is 86.0 Å². The molecule has 0 heterocycles. The van der Waals surface area contributed by atoms with Crippen LogP contribution in [0.5, 0.6) is 34.5 Å². The van der Waals surface area contributed by atoms with Crippen LogP contribution in [0.15, 0.2) is 309 Å². The van der Waals surface area contributed by atoms with Crippen LogP contribution in [0.2, 0.25) is 0 Å². The second kappa shape index (κ2) is 43.7. The molecule has 2 fully saturated rings. The van der Waals surface area contributed by atoms with Crippen molar-refractivity contribution in [2.24, 2.45) is 11.8 Å². The van der Waals surface area contributed by atoms with Gasteiger partial charge in [0, 0.05) is 11.1 Å². The van der Waals surface area contributed by atoms with Gasteiger partial charge in [-0.3, -0.25) is 0 Å². The van der Waals surface area contributed by atoms with Gasteiger partial charge in [-0.05, 0) is 297 Å². The van der Waals surface area contributed by atoms with Crippen LogP contribution in [-0.2, 0) is 6.61 Å². The number of carbonyl (C=O) groups is 5. The number of carbonyl (C=O) groups excluding carboxylic acids is 5. The van der Waals surface area contributed by atoms with Crippen molar-refractivity contribution >= 4 is 29.8 Å². The monoisotopic (exact) mass is 1590 g/mol. The van der Waals surface area contributed by atoms with Gasteiger partial charge in [0.15, 0.2) is 0 Å². The van der Waals surface area contributed by atoms with Crippen molar-refractivity contribution in [3.63, 3.8) is 0 Å². The second-order valence-electron chi connectivity index (χ2n) is 31.6. The maximum atomic E-state index is 12.3. The molecule has 0 saturated heterocycles. The molecule has 2 aliphatic carbocycles. The van der Waals surface area contributed by atoms with Crippen LogP contribution in [-0.4, -0.2) is 29.8 Å². The van der Waals surface area contributed by atoms with E-state index in [0.29, 0.717) is 75.0 Å².